The van der Waals surface area contributed by atoms with Crippen LogP contribution < -0.4 is 5.32 Å². The summed E-state index contributed by atoms with van der Waals surface area (Å²) < 4.78 is 5.05. The van der Waals surface area contributed by atoms with Gasteiger partial charge >= 0.3 is 6.09 Å². The van der Waals surface area contributed by atoms with E-state index in [9.17, 15) is 4.79 Å². The van der Waals surface area contributed by atoms with Gasteiger partial charge in [-0.1, -0.05) is 30.3 Å². The van der Waals surface area contributed by atoms with Crippen molar-refractivity contribution in [2.75, 3.05) is 13.2 Å². The molecule has 1 aromatic carbocycles. The molecular weight excluding hydrogens is 234 g/mol. The number of hydrogen-bond donors (Lipinski definition) is 3. The Morgan fingerprint density at radius 2 is 1.78 bits per heavy atom. The minimum absolute atomic E-state index is 0.0329. The lowest BCUT2D eigenvalue weighted by Crippen LogP contribution is -2.29. The molecule has 5 heteroatoms. The summed E-state index contributed by atoms with van der Waals surface area (Å²) in [6.45, 7) is 0.149. The van der Waals surface area contributed by atoms with E-state index in [2.05, 4.69) is 5.32 Å². The molecular formula is C13H17NO4. The van der Waals surface area contributed by atoms with Crippen molar-refractivity contribution in [1.82, 2.24) is 5.32 Å². The fourth-order valence-electron chi connectivity index (χ4n) is 2.06. The summed E-state index contributed by atoms with van der Waals surface area (Å²) in [6.07, 6.45) is -0.516. The van der Waals surface area contributed by atoms with Crippen LogP contribution in [0.5, 0.6) is 0 Å². The molecule has 1 aliphatic rings. The highest BCUT2D eigenvalue weighted by Gasteiger charge is 2.50. The second kappa shape index (κ2) is 5.84. The van der Waals surface area contributed by atoms with Crippen molar-refractivity contribution in [2.24, 2.45) is 11.8 Å². The monoisotopic (exact) mass is 251 g/mol. The average Bonchev–Trinajstić information content (AvgIpc) is 3.09. The van der Waals surface area contributed by atoms with E-state index in [-0.39, 0.29) is 37.7 Å². The molecule has 0 radical (unpaired) electrons. The highest BCUT2D eigenvalue weighted by atomic mass is 16.5. The van der Waals surface area contributed by atoms with Crippen LogP contribution >= 0.6 is 0 Å². The number of alkyl carbamates (subject to hydrolysis) is 1. The molecule has 1 aliphatic carbocycles. The van der Waals surface area contributed by atoms with E-state index in [0.29, 0.717) is 0 Å². The molecule has 3 N–H and O–H groups in total. The van der Waals surface area contributed by atoms with Gasteiger partial charge in [0.2, 0.25) is 0 Å². The van der Waals surface area contributed by atoms with Crippen molar-refractivity contribution < 1.29 is 19.7 Å². The first kappa shape index (κ1) is 12.9. The molecule has 2 unspecified atom stereocenters. The highest BCUT2D eigenvalue weighted by Crippen LogP contribution is 2.38. The maximum atomic E-state index is 11.5. The molecule has 1 saturated carbocycles. The number of aliphatic hydroxyl groups excluding tert-OH is 2. The second-order valence-corrected chi connectivity index (χ2v) is 4.42. The molecule has 0 bridgehead atoms. The van der Waals surface area contributed by atoms with E-state index in [1.807, 2.05) is 30.3 Å². The topological polar surface area (TPSA) is 78.8 Å². The predicted molar refractivity (Wildman–Crippen MR) is 64.7 cm³/mol. The third kappa shape index (κ3) is 3.00. The van der Waals surface area contributed by atoms with E-state index in [1.165, 1.54) is 0 Å². The molecule has 18 heavy (non-hydrogen) atoms. The van der Waals surface area contributed by atoms with Crippen molar-refractivity contribution in [3.8, 4) is 0 Å². The summed E-state index contributed by atoms with van der Waals surface area (Å²) in [7, 11) is 0. The molecule has 0 heterocycles. The van der Waals surface area contributed by atoms with Crippen molar-refractivity contribution >= 4 is 6.09 Å². The maximum Gasteiger partial charge on any atom is 0.407 e. The summed E-state index contributed by atoms with van der Waals surface area (Å²) in [5, 5.41) is 20.6. The van der Waals surface area contributed by atoms with Gasteiger partial charge in [0.1, 0.15) is 6.61 Å². The van der Waals surface area contributed by atoms with Gasteiger partial charge in [-0.05, 0) is 5.56 Å². The second-order valence-electron chi connectivity index (χ2n) is 4.42. The molecule has 0 aliphatic heterocycles. The predicted octanol–water partition coefficient (Wildman–Crippen LogP) is 0.512. The van der Waals surface area contributed by atoms with Crippen LogP contribution in [-0.4, -0.2) is 35.6 Å². The Kier molecular flexibility index (Phi) is 4.17. The molecule has 0 saturated heterocycles. The first-order valence-electron chi connectivity index (χ1n) is 5.95. The van der Waals surface area contributed by atoms with Gasteiger partial charge in [-0.2, -0.15) is 0 Å². The van der Waals surface area contributed by atoms with Crippen molar-refractivity contribution in [3.63, 3.8) is 0 Å². The van der Waals surface area contributed by atoms with Crippen molar-refractivity contribution in [2.45, 2.75) is 12.6 Å². The first-order valence-corrected chi connectivity index (χ1v) is 5.95. The van der Waals surface area contributed by atoms with Crippen LogP contribution in [0.15, 0.2) is 30.3 Å². The van der Waals surface area contributed by atoms with Crippen LogP contribution in [0.2, 0.25) is 0 Å². The standard InChI is InChI=1S/C13H17NO4/c15-6-10-11(7-16)12(10)14-13(17)18-8-9-4-2-1-3-5-9/h1-5,10-12,15-16H,6-8H2,(H,14,17). The third-order valence-electron chi connectivity index (χ3n) is 3.25. The number of aliphatic hydroxyl groups is 2. The lowest BCUT2D eigenvalue weighted by molar-refractivity contribution is 0.137. The number of ether oxygens (including phenoxy) is 1. The lowest BCUT2D eigenvalue weighted by atomic mass is 10.2. The minimum Gasteiger partial charge on any atom is -0.445 e. The van der Waals surface area contributed by atoms with E-state index in [0.717, 1.165) is 5.56 Å². The quantitative estimate of drug-likeness (QED) is 0.712. The van der Waals surface area contributed by atoms with Gasteiger partial charge in [0.25, 0.3) is 0 Å². The van der Waals surface area contributed by atoms with Crippen LogP contribution in [0.4, 0.5) is 4.79 Å². The summed E-state index contributed by atoms with van der Waals surface area (Å²) in [6, 6.07) is 9.21. The van der Waals surface area contributed by atoms with Gasteiger partial charge < -0.3 is 20.3 Å². The summed E-state index contributed by atoms with van der Waals surface area (Å²) >= 11 is 0. The zero-order valence-electron chi connectivity index (χ0n) is 9.95. The normalized spacial score (nSPS) is 25.6. The largest absolute Gasteiger partial charge is 0.445 e. The van der Waals surface area contributed by atoms with Crippen LogP contribution in [0.25, 0.3) is 0 Å². The van der Waals surface area contributed by atoms with E-state index in [1.54, 1.807) is 0 Å². The number of nitrogens with one attached hydrogen (secondary N) is 1. The Bertz CT molecular complexity index is 385. The Labute approximate surface area is 105 Å². The van der Waals surface area contributed by atoms with E-state index >= 15 is 0 Å². The van der Waals surface area contributed by atoms with Gasteiger partial charge in [-0.25, -0.2) is 4.79 Å². The Hall–Kier alpha value is -1.59. The SMILES string of the molecule is O=C(NC1C(CO)C1CO)OCc1ccccc1. The molecule has 98 valence electrons. The molecule has 2 atom stereocenters. The Morgan fingerprint density at radius 3 is 2.33 bits per heavy atom. The maximum absolute atomic E-state index is 11.5. The molecule has 1 aromatic rings. The highest BCUT2D eigenvalue weighted by molar-refractivity contribution is 5.68. The molecule has 5 nitrogen and oxygen atoms in total. The first-order chi connectivity index (χ1) is 8.76. The molecule has 0 spiro atoms. The fourth-order valence-corrected chi connectivity index (χ4v) is 2.06. The summed E-state index contributed by atoms with van der Waals surface area (Å²) in [5.41, 5.74) is 0.917. The van der Waals surface area contributed by atoms with Crippen LogP contribution in [-0.2, 0) is 11.3 Å². The van der Waals surface area contributed by atoms with Crippen molar-refractivity contribution in [1.29, 1.82) is 0 Å². The molecule has 1 fully saturated rings. The number of benzene rings is 1. The van der Waals surface area contributed by atoms with Crippen molar-refractivity contribution in [3.05, 3.63) is 35.9 Å². The molecule has 0 aromatic heterocycles. The number of rotatable bonds is 5. The van der Waals surface area contributed by atoms with Gasteiger partial charge in [0, 0.05) is 31.1 Å². The Balaban J connectivity index is 1.73. The van der Waals surface area contributed by atoms with E-state index < -0.39 is 6.09 Å². The van der Waals surface area contributed by atoms with Gasteiger partial charge in [0.05, 0.1) is 0 Å². The zero-order valence-corrected chi connectivity index (χ0v) is 9.95. The van der Waals surface area contributed by atoms with E-state index in [4.69, 9.17) is 14.9 Å². The molecule has 2 rings (SSSR count). The van der Waals surface area contributed by atoms with Crippen LogP contribution in [0, 0.1) is 11.8 Å². The average molecular weight is 251 g/mol. The summed E-state index contributed by atoms with van der Waals surface area (Å²) in [4.78, 5) is 11.5. The number of hydrogen-bond acceptors (Lipinski definition) is 4. The zero-order chi connectivity index (χ0) is 13.0. The third-order valence-corrected chi connectivity index (χ3v) is 3.25. The van der Waals surface area contributed by atoms with Gasteiger partial charge in [-0.15, -0.1) is 0 Å². The summed E-state index contributed by atoms with van der Waals surface area (Å²) in [5.74, 6) is -0.112. The van der Waals surface area contributed by atoms with Gasteiger partial charge in [0.15, 0.2) is 0 Å². The smallest absolute Gasteiger partial charge is 0.407 e. The number of carbonyl (C=O) groups is 1. The number of carbonyl (C=O) groups excluding carboxylic acids is 1. The number of amides is 1. The van der Waals surface area contributed by atoms with Gasteiger partial charge in [-0.3, -0.25) is 0 Å². The minimum atomic E-state index is -0.516. The lowest BCUT2D eigenvalue weighted by Gasteiger charge is -2.06. The fraction of sp³-hybridized carbons (Fsp3) is 0.462. The Morgan fingerprint density at radius 1 is 1.17 bits per heavy atom. The van der Waals surface area contributed by atoms with Crippen LogP contribution in [0.1, 0.15) is 5.56 Å². The van der Waals surface area contributed by atoms with Crippen LogP contribution in [0.3, 0.4) is 0 Å². The molecule has 1 amide bonds.